The number of imide groups is 1. The molecule has 1 aromatic carbocycles. The lowest BCUT2D eigenvalue weighted by molar-refractivity contribution is -0.137. The number of hydrogen-bond donors (Lipinski definition) is 1. The lowest BCUT2D eigenvalue weighted by Gasteiger charge is -2.42. The molecule has 0 radical (unpaired) electrons. The Morgan fingerprint density at radius 3 is 2.34 bits per heavy atom. The summed E-state index contributed by atoms with van der Waals surface area (Å²) in [6.07, 6.45) is 4.64. The number of carbonyl (C=O) groups excluding carboxylic acids is 2. The van der Waals surface area contributed by atoms with Crippen LogP contribution in [-0.4, -0.2) is 67.8 Å². The van der Waals surface area contributed by atoms with Gasteiger partial charge in [0.1, 0.15) is 5.54 Å². The van der Waals surface area contributed by atoms with E-state index in [1.54, 1.807) is 11.2 Å². The van der Waals surface area contributed by atoms with E-state index in [4.69, 9.17) is 0 Å². The molecule has 1 aliphatic carbocycles. The Bertz CT molecular complexity index is 996. The molecule has 170 valence electrons. The number of H-pyrrole nitrogens is 1. The van der Waals surface area contributed by atoms with Crippen LogP contribution in [0.1, 0.15) is 49.2 Å². The molecule has 2 aromatic rings. The fraction of sp³-hybridized carbons (Fsp3) is 0.560. The number of nitrogens with zero attached hydrogens (tertiary/aromatic N) is 4. The third kappa shape index (κ3) is 3.43. The van der Waals surface area contributed by atoms with Gasteiger partial charge in [0.25, 0.3) is 5.91 Å². The Hall–Kier alpha value is -2.67. The van der Waals surface area contributed by atoms with Gasteiger partial charge in [-0.3, -0.25) is 14.6 Å². The molecule has 0 bridgehead atoms. The molecule has 2 fully saturated rings. The Morgan fingerprint density at radius 1 is 1.12 bits per heavy atom. The molecule has 0 atom stereocenters. The van der Waals surface area contributed by atoms with E-state index in [1.807, 2.05) is 24.0 Å². The van der Waals surface area contributed by atoms with Crippen LogP contribution in [0.25, 0.3) is 0 Å². The van der Waals surface area contributed by atoms with Crippen LogP contribution in [0.4, 0.5) is 4.79 Å². The first-order valence-electron chi connectivity index (χ1n) is 11.8. The molecule has 0 saturated carbocycles. The minimum atomic E-state index is -0.701. The Morgan fingerprint density at radius 2 is 1.78 bits per heavy atom. The second-order valence-corrected chi connectivity index (χ2v) is 10.1. The van der Waals surface area contributed by atoms with E-state index in [0.29, 0.717) is 25.3 Å². The average molecular weight is 436 g/mol. The number of aromatic nitrogens is 2. The lowest BCUT2D eigenvalue weighted by atomic mass is 9.85. The van der Waals surface area contributed by atoms with E-state index in [9.17, 15) is 9.59 Å². The first-order chi connectivity index (χ1) is 15.4. The van der Waals surface area contributed by atoms with Crippen molar-refractivity contribution in [3.05, 3.63) is 53.1 Å². The fourth-order valence-corrected chi connectivity index (χ4v) is 5.72. The number of benzene rings is 1. The average Bonchev–Trinajstić information content (AvgIpc) is 3.42. The molecular weight excluding hydrogens is 402 g/mol. The van der Waals surface area contributed by atoms with Crippen molar-refractivity contribution in [2.75, 3.05) is 19.6 Å². The van der Waals surface area contributed by atoms with Crippen LogP contribution in [0, 0.1) is 12.8 Å². The van der Waals surface area contributed by atoms with E-state index < -0.39 is 5.54 Å². The van der Waals surface area contributed by atoms with Gasteiger partial charge in [-0.1, -0.05) is 38.1 Å². The Labute approximate surface area is 189 Å². The first-order valence-corrected chi connectivity index (χ1v) is 11.8. The van der Waals surface area contributed by atoms with Crippen LogP contribution in [0.15, 0.2) is 30.6 Å². The second kappa shape index (κ2) is 8.03. The minimum Gasteiger partial charge on any atom is -0.348 e. The highest BCUT2D eigenvalue weighted by atomic mass is 16.2. The van der Waals surface area contributed by atoms with Gasteiger partial charge in [-0.2, -0.15) is 0 Å². The van der Waals surface area contributed by atoms with Gasteiger partial charge in [0.15, 0.2) is 0 Å². The molecular formula is C25H33N5O2. The zero-order chi connectivity index (χ0) is 22.5. The number of amides is 3. The normalized spacial score (nSPS) is 21.4. The molecule has 3 aliphatic rings. The van der Waals surface area contributed by atoms with Crippen LogP contribution < -0.4 is 0 Å². The maximum absolute atomic E-state index is 13.9. The molecule has 3 amide bonds. The number of fused-ring (bicyclic) bond motifs is 1. The quantitative estimate of drug-likeness (QED) is 0.733. The van der Waals surface area contributed by atoms with E-state index in [1.165, 1.54) is 11.1 Å². The number of aromatic amines is 1. The smallest absolute Gasteiger partial charge is 0.327 e. The van der Waals surface area contributed by atoms with Crippen molar-refractivity contribution in [3.8, 4) is 0 Å². The monoisotopic (exact) mass is 435 g/mol. The van der Waals surface area contributed by atoms with Crippen LogP contribution >= 0.6 is 0 Å². The van der Waals surface area contributed by atoms with Crippen molar-refractivity contribution in [2.24, 2.45) is 5.92 Å². The van der Waals surface area contributed by atoms with Gasteiger partial charge in [-0.05, 0) is 49.7 Å². The maximum Gasteiger partial charge on any atom is 0.327 e. The molecule has 1 N–H and O–H groups in total. The zero-order valence-electron chi connectivity index (χ0n) is 19.3. The molecule has 1 aromatic heterocycles. The van der Waals surface area contributed by atoms with Crippen LogP contribution in [0.3, 0.4) is 0 Å². The number of rotatable bonds is 5. The molecule has 7 heteroatoms. The van der Waals surface area contributed by atoms with E-state index in [2.05, 4.69) is 40.8 Å². The predicted molar refractivity (Wildman–Crippen MR) is 122 cm³/mol. The van der Waals surface area contributed by atoms with Gasteiger partial charge in [0.05, 0.1) is 12.0 Å². The molecule has 5 rings (SSSR count). The predicted octanol–water partition coefficient (Wildman–Crippen LogP) is 3.14. The van der Waals surface area contributed by atoms with Gasteiger partial charge in [0, 0.05) is 37.9 Å². The highest BCUT2D eigenvalue weighted by Crippen LogP contribution is 2.41. The number of imidazole rings is 1. The Kier molecular flexibility index (Phi) is 5.32. The minimum absolute atomic E-state index is 0.0246. The number of carbonyl (C=O) groups is 2. The topological polar surface area (TPSA) is 72.5 Å². The van der Waals surface area contributed by atoms with Gasteiger partial charge in [-0.25, -0.2) is 9.78 Å². The van der Waals surface area contributed by atoms with Crippen molar-refractivity contribution in [3.63, 3.8) is 0 Å². The molecule has 0 unspecified atom stereocenters. The number of nitrogens with one attached hydrogen (secondary N) is 1. The molecule has 2 saturated heterocycles. The fourth-order valence-electron chi connectivity index (χ4n) is 5.72. The molecule has 2 aliphatic heterocycles. The van der Waals surface area contributed by atoms with Crippen molar-refractivity contribution in [2.45, 2.75) is 64.6 Å². The van der Waals surface area contributed by atoms with Crippen LogP contribution in [0.2, 0.25) is 0 Å². The number of aryl methyl sites for hydroxylation is 1. The summed E-state index contributed by atoms with van der Waals surface area (Å²) in [4.78, 5) is 41.0. The van der Waals surface area contributed by atoms with E-state index in [-0.39, 0.29) is 18.0 Å². The summed E-state index contributed by atoms with van der Waals surface area (Å²) in [6, 6.07) is 8.18. The highest BCUT2D eigenvalue weighted by molar-refractivity contribution is 6.07. The highest BCUT2D eigenvalue weighted by Gasteiger charge is 2.59. The van der Waals surface area contributed by atoms with Gasteiger partial charge < -0.3 is 9.88 Å². The number of hydrogen-bond acceptors (Lipinski definition) is 4. The number of likely N-dealkylation sites (tertiary alicyclic amines) is 1. The van der Waals surface area contributed by atoms with Gasteiger partial charge >= 0.3 is 6.03 Å². The first kappa shape index (κ1) is 21.2. The summed E-state index contributed by atoms with van der Waals surface area (Å²) in [5.74, 6) is 0.339. The molecule has 32 heavy (non-hydrogen) atoms. The third-order valence-electron chi connectivity index (χ3n) is 7.50. The number of piperidine rings is 1. The van der Waals surface area contributed by atoms with Crippen molar-refractivity contribution in [1.29, 1.82) is 0 Å². The molecule has 7 nitrogen and oxygen atoms in total. The van der Waals surface area contributed by atoms with Crippen LogP contribution in [0.5, 0.6) is 0 Å². The second-order valence-electron chi connectivity index (χ2n) is 10.1. The van der Waals surface area contributed by atoms with Gasteiger partial charge in [-0.15, -0.1) is 0 Å². The SMILES string of the molecule is Cc1[nH]cnc1CN1CCC2(CC1)C(=O)N(C1Cc3ccccc3C1)C(=O)N2CC(C)C. The summed E-state index contributed by atoms with van der Waals surface area (Å²) in [5, 5.41) is 0. The van der Waals surface area contributed by atoms with E-state index in [0.717, 1.165) is 43.9 Å². The Balaban J connectivity index is 1.37. The van der Waals surface area contributed by atoms with E-state index >= 15 is 0 Å². The summed E-state index contributed by atoms with van der Waals surface area (Å²) in [6.45, 7) is 9.26. The summed E-state index contributed by atoms with van der Waals surface area (Å²) >= 11 is 0. The largest absolute Gasteiger partial charge is 0.348 e. The van der Waals surface area contributed by atoms with Crippen molar-refractivity contribution in [1.82, 2.24) is 24.7 Å². The standard InChI is InChI=1S/C25H33N5O2/c1-17(2)14-29-24(32)30(21-12-19-6-4-5-7-20(19)13-21)23(31)25(29)8-10-28(11-9-25)15-22-18(3)26-16-27-22/h4-7,16-17,21H,8-15H2,1-3H3,(H,26,27). The van der Waals surface area contributed by atoms with Crippen LogP contribution in [-0.2, 0) is 24.2 Å². The summed E-state index contributed by atoms with van der Waals surface area (Å²) < 4.78 is 0. The lowest BCUT2D eigenvalue weighted by Crippen LogP contribution is -2.57. The number of urea groups is 1. The summed E-state index contributed by atoms with van der Waals surface area (Å²) in [7, 11) is 0. The maximum atomic E-state index is 13.9. The molecule has 3 heterocycles. The third-order valence-corrected chi connectivity index (χ3v) is 7.50. The van der Waals surface area contributed by atoms with Crippen molar-refractivity contribution < 1.29 is 9.59 Å². The summed E-state index contributed by atoms with van der Waals surface area (Å²) in [5.41, 5.74) is 3.97. The van der Waals surface area contributed by atoms with Crippen molar-refractivity contribution >= 4 is 11.9 Å². The zero-order valence-corrected chi connectivity index (χ0v) is 19.3. The molecule has 1 spiro atoms. The van der Waals surface area contributed by atoms with Gasteiger partial charge in [0.2, 0.25) is 0 Å².